The van der Waals surface area contributed by atoms with Gasteiger partial charge in [-0.3, -0.25) is 4.79 Å². The molecule has 8 nitrogen and oxygen atoms in total. The maximum atomic E-state index is 13.2. The highest BCUT2D eigenvalue weighted by molar-refractivity contribution is 7.90. The molecule has 3 N–H and O–H groups in total. The van der Waals surface area contributed by atoms with E-state index in [2.05, 4.69) is 10.4 Å². The van der Waals surface area contributed by atoms with E-state index < -0.39 is 15.7 Å². The summed E-state index contributed by atoms with van der Waals surface area (Å²) in [6, 6.07) is 12.0. The van der Waals surface area contributed by atoms with E-state index in [9.17, 15) is 22.9 Å². The van der Waals surface area contributed by atoms with Crippen LogP contribution in [0.15, 0.2) is 47.4 Å². The van der Waals surface area contributed by atoms with Gasteiger partial charge >= 0.3 is 0 Å². The number of nitrogen functional groups attached to an aromatic ring is 1. The average Bonchev–Trinajstić information content (AvgIpc) is 3.06. The molecule has 0 aliphatic rings. The highest BCUT2D eigenvalue weighted by atomic mass is 32.2. The highest BCUT2D eigenvalue weighted by Gasteiger charge is 2.17. The van der Waals surface area contributed by atoms with Gasteiger partial charge in [0.15, 0.2) is 9.84 Å². The number of nitrogens with zero attached hydrogens (tertiary/aromatic N) is 3. The van der Waals surface area contributed by atoms with E-state index in [0.717, 1.165) is 6.26 Å². The quantitative estimate of drug-likeness (QED) is 0.527. The van der Waals surface area contributed by atoms with Crippen LogP contribution in [-0.2, 0) is 16.3 Å². The topological polar surface area (TPSA) is 131 Å². The molecule has 0 aliphatic carbocycles. The molecule has 1 amide bonds. The summed E-state index contributed by atoms with van der Waals surface area (Å²) in [5.74, 6) is -0.621. The zero-order chi connectivity index (χ0) is 23.5. The summed E-state index contributed by atoms with van der Waals surface area (Å²) in [7, 11) is -3.43. The Balaban J connectivity index is 1.68. The summed E-state index contributed by atoms with van der Waals surface area (Å²) in [6.07, 6.45) is 1.94. The molecule has 1 heterocycles. The second-order valence-corrected chi connectivity index (χ2v) is 9.33. The first-order chi connectivity index (χ1) is 15.1. The average molecular weight is 456 g/mol. The summed E-state index contributed by atoms with van der Waals surface area (Å²) in [5, 5.41) is 16.6. The Hall–Kier alpha value is -3.71. The number of nitrogens with two attached hydrogens (primary N) is 1. The lowest BCUT2D eigenvalue weighted by Gasteiger charge is -2.09. The number of halogens is 1. The maximum absolute atomic E-state index is 13.2. The third-order valence-electron chi connectivity index (χ3n) is 4.93. The van der Waals surface area contributed by atoms with Crippen LogP contribution in [0.1, 0.15) is 33.6 Å². The van der Waals surface area contributed by atoms with E-state index >= 15 is 0 Å². The van der Waals surface area contributed by atoms with Gasteiger partial charge in [0, 0.05) is 18.4 Å². The zero-order valence-electron chi connectivity index (χ0n) is 17.6. The van der Waals surface area contributed by atoms with Crippen molar-refractivity contribution in [1.82, 2.24) is 15.1 Å². The van der Waals surface area contributed by atoms with Crippen LogP contribution in [0.2, 0.25) is 0 Å². The molecule has 2 aromatic carbocycles. The van der Waals surface area contributed by atoms with Crippen LogP contribution >= 0.6 is 0 Å². The van der Waals surface area contributed by atoms with E-state index in [-0.39, 0.29) is 34.3 Å². The van der Waals surface area contributed by atoms with Crippen molar-refractivity contribution in [2.24, 2.45) is 0 Å². The number of rotatable bonds is 7. The number of carbonyl (C=O) groups is 1. The number of amides is 1. The largest absolute Gasteiger partial charge is 0.382 e. The van der Waals surface area contributed by atoms with Gasteiger partial charge in [-0.05, 0) is 61.7 Å². The van der Waals surface area contributed by atoms with Crippen molar-refractivity contribution in [3.8, 4) is 11.8 Å². The molecule has 3 aromatic rings. The second kappa shape index (κ2) is 9.20. The molecule has 0 spiro atoms. The summed E-state index contributed by atoms with van der Waals surface area (Å²) in [6.45, 7) is 2.01. The Morgan fingerprint density at radius 3 is 2.56 bits per heavy atom. The number of carbonyl (C=O) groups excluding carboxylic acids is 1. The molecule has 0 unspecified atom stereocenters. The predicted octanol–water partition coefficient (Wildman–Crippen LogP) is 2.54. The van der Waals surface area contributed by atoms with Crippen LogP contribution in [0.25, 0.3) is 5.69 Å². The van der Waals surface area contributed by atoms with Gasteiger partial charge in [-0.1, -0.05) is 6.07 Å². The molecular weight excluding hydrogens is 433 g/mol. The normalized spacial score (nSPS) is 11.2. The molecule has 1 aromatic heterocycles. The minimum atomic E-state index is -3.43. The minimum absolute atomic E-state index is 0.0775. The monoisotopic (exact) mass is 455 g/mol. The van der Waals surface area contributed by atoms with Gasteiger partial charge in [0.1, 0.15) is 23.3 Å². The van der Waals surface area contributed by atoms with E-state index in [4.69, 9.17) is 5.73 Å². The molecule has 0 bridgehead atoms. The van der Waals surface area contributed by atoms with Crippen LogP contribution < -0.4 is 11.1 Å². The highest BCUT2D eigenvalue weighted by Crippen LogP contribution is 2.22. The molecular formula is C22H22FN5O3S. The van der Waals surface area contributed by atoms with Gasteiger partial charge in [0.25, 0.3) is 5.91 Å². The summed E-state index contributed by atoms with van der Waals surface area (Å²) in [5.41, 5.74) is 8.23. The molecule has 3 rings (SSSR count). The predicted molar refractivity (Wildman–Crippen MR) is 118 cm³/mol. The number of sulfone groups is 1. The number of hydrogen-bond donors (Lipinski definition) is 2. The molecule has 0 radical (unpaired) electrons. The molecule has 32 heavy (non-hydrogen) atoms. The fourth-order valence-corrected chi connectivity index (χ4v) is 3.83. The molecule has 0 fully saturated rings. The van der Waals surface area contributed by atoms with Crippen molar-refractivity contribution in [3.05, 3.63) is 70.7 Å². The number of aromatic nitrogens is 2. The van der Waals surface area contributed by atoms with Gasteiger partial charge in [0.2, 0.25) is 0 Å². The number of aryl methyl sites for hydroxylation is 2. The molecule has 0 aliphatic heterocycles. The molecule has 166 valence electrons. The first-order valence-electron chi connectivity index (χ1n) is 9.74. The Morgan fingerprint density at radius 2 is 1.94 bits per heavy atom. The fraction of sp³-hybridized carbons (Fsp3) is 0.227. The van der Waals surface area contributed by atoms with E-state index in [1.807, 2.05) is 6.07 Å². The van der Waals surface area contributed by atoms with Crippen LogP contribution in [0, 0.1) is 24.1 Å². The van der Waals surface area contributed by atoms with Crippen molar-refractivity contribution in [3.63, 3.8) is 0 Å². The van der Waals surface area contributed by atoms with Gasteiger partial charge in [-0.25, -0.2) is 17.5 Å². The van der Waals surface area contributed by atoms with Gasteiger partial charge in [-0.2, -0.15) is 10.4 Å². The summed E-state index contributed by atoms with van der Waals surface area (Å²) < 4.78 is 38.1. The second-order valence-electron chi connectivity index (χ2n) is 7.32. The van der Waals surface area contributed by atoms with Crippen molar-refractivity contribution >= 4 is 21.6 Å². The first kappa shape index (κ1) is 23.0. The number of nitriles is 1. The van der Waals surface area contributed by atoms with Crippen LogP contribution in [-0.4, -0.2) is 36.9 Å². The Morgan fingerprint density at radius 1 is 1.25 bits per heavy atom. The van der Waals surface area contributed by atoms with Crippen molar-refractivity contribution < 1.29 is 17.6 Å². The lowest BCUT2D eigenvalue weighted by Crippen LogP contribution is -2.25. The van der Waals surface area contributed by atoms with E-state index in [1.54, 1.807) is 13.0 Å². The molecule has 0 saturated carbocycles. The SMILES string of the molecule is Cc1ccc(S(C)(=O)=O)cc1C(=O)NCCCc1nn(-c2ccc(F)cc2)c(N)c1C#N. The van der Waals surface area contributed by atoms with Crippen LogP contribution in [0.5, 0.6) is 0 Å². The lowest BCUT2D eigenvalue weighted by atomic mass is 10.1. The summed E-state index contributed by atoms with van der Waals surface area (Å²) >= 11 is 0. The third-order valence-corrected chi connectivity index (χ3v) is 6.04. The number of hydrogen-bond acceptors (Lipinski definition) is 6. The van der Waals surface area contributed by atoms with E-state index in [1.165, 1.54) is 41.1 Å². The lowest BCUT2D eigenvalue weighted by molar-refractivity contribution is 0.0952. The Labute approximate surface area is 185 Å². The van der Waals surface area contributed by atoms with Crippen molar-refractivity contribution in [2.75, 3.05) is 18.5 Å². The fourth-order valence-electron chi connectivity index (χ4n) is 3.18. The molecule has 10 heteroatoms. The van der Waals surface area contributed by atoms with Crippen molar-refractivity contribution in [2.45, 2.75) is 24.7 Å². The zero-order valence-corrected chi connectivity index (χ0v) is 18.4. The number of benzene rings is 2. The molecule has 0 atom stereocenters. The molecule has 0 saturated heterocycles. The van der Waals surface area contributed by atoms with Gasteiger partial charge < -0.3 is 11.1 Å². The summed E-state index contributed by atoms with van der Waals surface area (Å²) in [4.78, 5) is 12.6. The number of nitrogens with one attached hydrogen (secondary N) is 1. The van der Waals surface area contributed by atoms with Gasteiger partial charge in [-0.15, -0.1) is 0 Å². The smallest absolute Gasteiger partial charge is 0.251 e. The van der Waals surface area contributed by atoms with Crippen LogP contribution in [0.4, 0.5) is 10.2 Å². The Bertz CT molecular complexity index is 1310. The standard InChI is InChI=1S/C22H22FN5O3S/c1-14-5-10-17(32(2,30)31)12-18(14)22(29)26-11-3-4-20-19(13-24)21(25)28(27-20)16-8-6-15(23)7-9-16/h5-10,12H,3-4,11,25H2,1-2H3,(H,26,29). The Kier molecular flexibility index (Phi) is 6.60. The number of anilines is 1. The van der Waals surface area contributed by atoms with Gasteiger partial charge in [0.05, 0.1) is 16.3 Å². The maximum Gasteiger partial charge on any atom is 0.251 e. The van der Waals surface area contributed by atoms with E-state index in [0.29, 0.717) is 29.8 Å². The first-order valence-corrected chi connectivity index (χ1v) is 11.6. The van der Waals surface area contributed by atoms with Crippen LogP contribution in [0.3, 0.4) is 0 Å². The minimum Gasteiger partial charge on any atom is -0.382 e. The van der Waals surface area contributed by atoms with Crippen molar-refractivity contribution in [1.29, 1.82) is 5.26 Å². The third kappa shape index (κ3) is 4.95.